The van der Waals surface area contributed by atoms with Crippen LogP contribution in [0.5, 0.6) is 0 Å². The van der Waals surface area contributed by atoms with Crippen molar-refractivity contribution in [2.24, 2.45) is 4.99 Å². The van der Waals surface area contributed by atoms with E-state index in [9.17, 15) is 4.39 Å². The number of aliphatic hydroxyl groups is 1. The second kappa shape index (κ2) is 9.97. The fourth-order valence-corrected chi connectivity index (χ4v) is 1.16. The zero-order valence-electron chi connectivity index (χ0n) is 11.3. The van der Waals surface area contributed by atoms with Gasteiger partial charge in [-0.15, -0.1) is 0 Å². The summed E-state index contributed by atoms with van der Waals surface area (Å²) in [6.07, 6.45) is 9.37. The minimum absolute atomic E-state index is 0.0473. The number of hydrogen-bond donors (Lipinski definition) is 1. The summed E-state index contributed by atoms with van der Waals surface area (Å²) in [6.45, 7) is 12.3. The number of halogens is 1. The predicted molar refractivity (Wildman–Crippen MR) is 80.8 cm³/mol. The van der Waals surface area contributed by atoms with Crippen molar-refractivity contribution in [1.82, 2.24) is 0 Å². The molecule has 0 aromatic carbocycles. The van der Waals surface area contributed by atoms with E-state index in [0.717, 1.165) is 11.6 Å². The van der Waals surface area contributed by atoms with Gasteiger partial charge >= 0.3 is 0 Å². The Morgan fingerprint density at radius 2 is 1.95 bits per heavy atom. The molecule has 0 bridgehead atoms. The number of aliphatic hydroxyl groups excluding tert-OH is 1. The largest absolute Gasteiger partial charge is 0.392 e. The molecule has 3 heteroatoms. The molecule has 0 spiro atoms. The first-order chi connectivity index (χ1) is 9.07. The summed E-state index contributed by atoms with van der Waals surface area (Å²) in [6, 6.07) is 0. The molecule has 0 saturated carbocycles. The number of rotatable bonds is 8. The number of allylic oxidation sites excluding steroid dienone is 7. The Labute approximate surface area is 114 Å². The molecule has 0 heterocycles. The summed E-state index contributed by atoms with van der Waals surface area (Å²) in [4.78, 5) is 4.19. The zero-order chi connectivity index (χ0) is 14.7. The molecule has 1 N–H and O–H groups in total. The van der Waals surface area contributed by atoms with Crippen molar-refractivity contribution in [3.05, 3.63) is 73.3 Å². The smallest absolute Gasteiger partial charge is 0.122 e. The van der Waals surface area contributed by atoms with Gasteiger partial charge in [-0.25, -0.2) is 4.39 Å². The van der Waals surface area contributed by atoms with Gasteiger partial charge in [-0.05, 0) is 36.3 Å². The maximum Gasteiger partial charge on any atom is 0.122 e. The summed E-state index contributed by atoms with van der Waals surface area (Å²) in [5.74, 6) is -0.418. The molecule has 0 amide bonds. The monoisotopic (exact) mass is 261 g/mol. The maximum absolute atomic E-state index is 13.2. The van der Waals surface area contributed by atoms with Gasteiger partial charge in [0.15, 0.2) is 0 Å². The van der Waals surface area contributed by atoms with Crippen LogP contribution in [0.4, 0.5) is 4.39 Å². The molecular weight excluding hydrogens is 241 g/mol. The molecule has 0 aliphatic rings. The van der Waals surface area contributed by atoms with Crippen LogP contribution in [-0.4, -0.2) is 17.4 Å². The van der Waals surface area contributed by atoms with Crippen LogP contribution >= 0.6 is 0 Å². The molecule has 19 heavy (non-hydrogen) atoms. The Balaban J connectivity index is 5.11. The first-order valence-corrected chi connectivity index (χ1v) is 5.84. The predicted octanol–water partition coefficient (Wildman–Crippen LogP) is 4.05. The topological polar surface area (TPSA) is 32.6 Å². The quantitative estimate of drug-likeness (QED) is 0.519. The van der Waals surface area contributed by atoms with Gasteiger partial charge in [0.1, 0.15) is 5.83 Å². The van der Waals surface area contributed by atoms with Gasteiger partial charge < -0.3 is 5.11 Å². The van der Waals surface area contributed by atoms with Gasteiger partial charge in [-0.2, -0.15) is 0 Å². The van der Waals surface area contributed by atoms with Crippen LogP contribution in [-0.2, 0) is 0 Å². The Morgan fingerprint density at radius 3 is 2.42 bits per heavy atom. The van der Waals surface area contributed by atoms with Crippen LogP contribution in [0.15, 0.2) is 78.3 Å². The van der Waals surface area contributed by atoms with Gasteiger partial charge in [-0.1, -0.05) is 31.9 Å². The van der Waals surface area contributed by atoms with E-state index in [1.165, 1.54) is 6.08 Å². The molecule has 0 aliphatic heterocycles. The van der Waals surface area contributed by atoms with E-state index in [-0.39, 0.29) is 6.61 Å². The highest BCUT2D eigenvalue weighted by atomic mass is 19.1. The molecule has 0 fully saturated rings. The average Bonchev–Trinajstić information content (AvgIpc) is 2.42. The minimum Gasteiger partial charge on any atom is -0.392 e. The lowest BCUT2D eigenvalue weighted by Crippen LogP contribution is -1.95. The molecule has 0 unspecified atom stereocenters. The highest BCUT2D eigenvalue weighted by molar-refractivity contribution is 5.96. The van der Waals surface area contributed by atoms with E-state index in [4.69, 9.17) is 5.11 Å². The molecule has 0 aromatic rings. The third-order valence-electron chi connectivity index (χ3n) is 2.17. The van der Waals surface area contributed by atoms with E-state index < -0.39 is 5.83 Å². The zero-order valence-corrected chi connectivity index (χ0v) is 11.3. The second-order valence-corrected chi connectivity index (χ2v) is 3.85. The van der Waals surface area contributed by atoms with Gasteiger partial charge in [0, 0.05) is 18.3 Å². The molecular formula is C16H20FNO. The van der Waals surface area contributed by atoms with Crippen LogP contribution in [0.1, 0.15) is 13.3 Å². The van der Waals surface area contributed by atoms with Gasteiger partial charge in [0.2, 0.25) is 0 Å². The Morgan fingerprint density at radius 1 is 1.26 bits per heavy atom. The van der Waals surface area contributed by atoms with Crippen LogP contribution in [0.25, 0.3) is 0 Å². The third kappa shape index (κ3) is 7.84. The van der Waals surface area contributed by atoms with Crippen LogP contribution in [0, 0.1) is 0 Å². The van der Waals surface area contributed by atoms with Crippen molar-refractivity contribution in [3.63, 3.8) is 0 Å². The summed E-state index contributed by atoms with van der Waals surface area (Å²) in [5.41, 5.74) is 2.12. The van der Waals surface area contributed by atoms with Gasteiger partial charge in [-0.3, -0.25) is 4.99 Å². The van der Waals surface area contributed by atoms with Crippen molar-refractivity contribution in [1.29, 1.82) is 0 Å². The Bertz CT molecular complexity index is 453. The van der Waals surface area contributed by atoms with Crippen molar-refractivity contribution in [2.45, 2.75) is 13.3 Å². The summed E-state index contributed by atoms with van der Waals surface area (Å²) in [5, 5.41) is 8.88. The average molecular weight is 261 g/mol. The van der Waals surface area contributed by atoms with Crippen molar-refractivity contribution >= 4 is 5.71 Å². The molecule has 0 aromatic heterocycles. The van der Waals surface area contributed by atoms with Crippen molar-refractivity contribution < 1.29 is 9.50 Å². The van der Waals surface area contributed by atoms with E-state index >= 15 is 0 Å². The summed E-state index contributed by atoms with van der Waals surface area (Å²) in [7, 11) is 0. The van der Waals surface area contributed by atoms with E-state index in [2.05, 4.69) is 24.7 Å². The molecule has 0 rings (SSSR count). The first kappa shape index (κ1) is 17.0. The highest BCUT2D eigenvalue weighted by Crippen LogP contribution is 2.11. The molecule has 0 atom stereocenters. The van der Waals surface area contributed by atoms with E-state index in [1.54, 1.807) is 31.4 Å². The van der Waals surface area contributed by atoms with E-state index in [0.29, 0.717) is 17.7 Å². The van der Waals surface area contributed by atoms with Gasteiger partial charge in [0.05, 0.1) is 6.61 Å². The lowest BCUT2D eigenvalue weighted by Gasteiger charge is -2.02. The second-order valence-electron chi connectivity index (χ2n) is 3.85. The Kier molecular flexibility index (Phi) is 8.92. The van der Waals surface area contributed by atoms with Crippen LogP contribution in [0.2, 0.25) is 0 Å². The first-order valence-electron chi connectivity index (χ1n) is 5.84. The maximum atomic E-state index is 13.2. The molecule has 0 saturated heterocycles. The fraction of sp³-hybridized carbons (Fsp3) is 0.188. The number of nitrogens with zero attached hydrogens (tertiary/aromatic N) is 1. The van der Waals surface area contributed by atoms with E-state index in [1.807, 2.05) is 0 Å². The standard InChI is InChI=1S/C16H20FNO/c1-5-8-14(9-15(17)6-2)10-16(7-3)18-11-13(4)12-19/h5-9,11,19H,1-3,10,12H2,4H3/b13-11+,14-8+,15-9+,18-16?. The summed E-state index contributed by atoms with van der Waals surface area (Å²) < 4.78 is 13.2. The normalized spacial score (nSPS) is 14.3. The Hall–Kier alpha value is -2.00. The minimum atomic E-state index is -0.418. The highest BCUT2D eigenvalue weighted by Gasteiger charge is 1.99. The molecule has 102 valence electrons. The van der Waals surface area contributed by atoms with Crippen LogP contribution in [0.3, 0.4) is 0 Å². The lowest BCUT2D eigenvalue weighted by atomic mass is 10.1. The molecule has 2 nitrogen and oxygen atoms in total. The third-order valence-corrected chi connectivity index (χ3v) is 2.17. The van der Waals surface area contributed by atoms with Crippen LogP contribution < -0.4 is 0 Å². The number of hydrogen-bond acceptors (Lipinski definition) is 2. The van der Waals surface area contributed by atoms with Crippen molar-refractivity contribution in [3.8, 4) is 0 Å². The van der Waals surface area contributed by atoms with Gasteiger partial charge in [0.25, 0.3) is 0 Å². The molecule has 0 aliphatic carbocycles. The molecule has 0 radical (unpaired) electrons. The summed E-state index contributed by atoms with van der Waals surface area (Å²) >= 11 is 0. The lowest BCUT2D eigenvalue weighted by molar-refractivity contribution is 0.331. The fourth-order valence-electron chi connectivity index (χ4n) is 1.16. The number of aliphatic imine (C=N–C) groups is 1. The van der Waals surface area contributed by atoms with Crippen molar-refractivity contribution in [2.75, 3.05) is 6.61 Å². The SMILES string of the molecule is C=C/C=C(\C=C(\F)C=C)CC(C=C)=N/C=C(\C)CO.